The minimum Gasteiger partial charge on any atom is -0.363 e. The predicted molar refractivity (Wildman–Crippen MR) is 76.4 cm³/mol. The van der Waals surface area contributed by atoms with Gasteiger partial charge in [0.1, 0.15) is 12.1 Å². The van der Waals surface area contributed by atoms with E-state index < -0.39 is 0 Å². The first-order valence-corrected chi connectivity index (χ1v) is 7.19. The molecule has 1 heterocycles. The van der Waals surface area contributed by atoms with Crippen LogP contribution in [0.2, 0.25) is 0 Å². The molecule has 0 unspecified atom stereocenters. The van der Waals surface area contributed by atoms with E-state index in [-0.39, 0.29) is 5.41 Å². The number of hydrogen-bond acceptors (Lipinski definition) is 3. The number of pyridine rings is 1. The van der Waals surface area contributed by atoms with Gasteiger partial charge < -0.3 is 9.69 Å². The Morgan fingerprint density at radius 1 is 1.11 bits per heavy atom. The minimum atomic E-state index is 0.0127. The molecule has 2 bridgehead atoms. The van der Waals surface area contributed by atoms with Gasteiger partial charge in [0, 0.05) is 25.7 Å². The van der Waals surface area contributed by atoms with Crippen LogP contribution in [0.3, 0.4) is 0 Å². The van der Waals surface area contributed by atoms with Gasteiger partial charge in [-0.3, -0.25) is 0 Å². The fraction of sp³-hybridized carbons (Fsp3) is 0.625. The average molecular weight is 258 g/mol. The Labute approximate surface area is 115 Å². The van der Waals surface area contributed by atoms with Gasteiger partial charge in [0.15, 0.2) is 0 Å². The van der Waals surface area contributed by atoms with Crippen molar-refractivity contribution in [3.8, 4) is 0 Å². The van der Waals surface area contributed by atoms with Gasteiger partial charge in [-0.1, -0.05) is 6.07 Å². The highest BCUT2D eigenvalue weighted by Crippen LogP contribution is 2.56. The van der Waals surface area contributed by atoms with Crippen molar-refractivity contribution in [1.82, 2.24) is 4.98 Å². The summed E-state index contributed by atoms with van der Waals surface area (Å²) in [4.78, 5) is 17.9. The summed E-state index contributed by atoms with van der Waals surface area (Å²) in [5, 5.41) is 0. The lowest BCUT2D eigenvalue weighted by Crippen LogP contribution is -2.44. The van der Waals surface area contributed by atoms with Gasteiger partial charge in [0.2, 0.25) is 0 Å². The summed E-state index contributed by atoms with van der Waals surface area (Å²) in [6.45, 7) is 0. The van der Waals surface area contributed by atoms with Crippen LogP contribution in [0.1, 0.15) is 44.1 Å². The van der Waals surface area contributed by atoms with E-state index >= 15 is 0 Å². The predicted octanol–water partition coefficient (Wildman–Crippen LogP) is 2.94. The summed E-state index contributed by atoms with van der Waals surface area (Å²) in [5.41, 5.74) is 1.68. The fourth-order valence-corrected chi connectivity index (χ4v) is 3.79. The van der Waals surface area contributed by atoms with Crippen molar-refractivity contribution >= 4 is 12.1 Å². The zero-order valence-corrected chi connectivity index (χ0v) is 11.9. The zero-order valence-electron chi connectivity index (χ0n) is 11.9. The van der Waals surface area contributed by atoms with E-state index in [4.69, 9.17) is 0 Å². The molecule has 0 N–H and O–H groups in total. The van der Waals surface area contributed by atoms with Crippen LogP contribution in [0, 0.1) is 5.41 Å². The van der Waals surface area contributed by atoms with E-state index in [1.165, 1.54) is 11.8 Å². The molecule has 0 spiro atoms. The van der Waals surface area contributed by atoms with E-state index in [1.54, 1.807) is 0 Å². The molecule has 19 heavy (non-hydrogen) atoms. The Morgan fingerprint density at radius 2 is 1.74 bits per heavy atom. The third-order valence-electron chi connectivity index (χ3n) is 5.37. The molecule has 0 saturated heterocycles. The molecule has 102 valence electrons. The van der Waals surface area contributed by atoms with Crippen LogP contribution < -0.4 is 4.90 Å². The highest BCUT2D eigenvalue weighted by molar-refractivity contribution is 5.60. The van der Waals surface area contributed by atoms with Gasteiger partial charge in [-0.05, 0) is 55.6 Å². The molecule has 4 rings (SSSR count). The molecule has 0 aromatic carbocycles. The molecular formula is C16H22N2O. The number of fused-ring (bicyclic) bond motifs is 3. The van der Waals surface area contributed by atoms with Crippen molar-refractivity contribution in [2.45, 2.75) is 43.9 Å². The second-order valence-electron chi connectivity index (χ2n) is 6.56. The molecule has 3 nitrogen and oxygen atoms in total. The average Bonchev–Trinajstić information content (AvgIpc) is 2.49. The number of aromatic nitrogens is 1. The Balaban J connectivity index is 1.85. The first-order valence-electron chi connectivity index (χ1n) is 7.19. The molecule has 0 amide bonds. The van der Waals surface area contributed by atoms with Gasteiger partial charge in [-0.2, -0.15) is 0 Å². The number of nitrogens with zero attached hydrogens (tertiary/aromatic N) is 2. The van der Waals surface area contributed by atoms with E-state index in [2.05, 4.69) is 23.3 Å². The van der Waals surface area contributed by atoms with Crippen molar-refractivity contribution < 1.29 is 4.79 Å². The molecular weight excluding hydrogens is 236 g/mol. The van der Waals surface area contributed by atoms with Gasteiger partial charge in [-0.25, -0.2) is 4.98 Å². The second-order valence-corrected chi connectivity index (χ2v) is 6.56. The van der Waals surface area contributed by atoms with Crippen molar-refractivity contribution in [3.63, 3.8) is 0 Å². The summed E-state index contributed by atoms with van der Waals surface area (Å²) in [6, 6.07) is 4.35. The summed E-state index contributed by atoms with van der Waals surface area (Å²) in [7, 11) is 4.03. The van der Waals surface area contributed by atoms with Crippen molar-refractivity contribution in [3.05, 3.63) is 23.9 Å². The molecule has 0 atom stereocenters. The summed E-state index contributed by atoms with van der Waals surface area (Å²) >= 11 is 0. The summed E-state index contributed by atoms with van der Waals surface area (Å²) in [5.74, 6) is 1.01. The lowest BCUT2D eigenvalue weighted by Gasteiger charge is -2.51. The molecule has 3 fully saturated rings. The van der Waals surface area contributed by atoms with E-state index in [9.17, 15) is 4.79 Å². The quantitative estimate of drug-likeness (QED) is 0.782. The fourth-order valence-electron chi connectivity index (χ4n) is 3.79. The number of anilines is 1. The molecule has 3 heteroatoms. The second kappa shape index (κ2) is 4.32. The Hall–Kier alpha value is -1.38. The maximum Gasteiger partial charge on any atom is 0.127 e. The van der Waals surface area contributed by atoms with Crippen molar-refractivity contribution in [2.24, 2.45) is 5.41 Å². The van der Waals surface area contributed by atoms with Gasteiger partial charge >= 0.3 is 0 Å². The standard InChI is InChI=1S/C16H22N2O/c1-18(2)14-4-3-13(11-17-14)16-8-5-15(12-19,6-9-16)7-10-16/h3-4,11-12H,5-10H2,1-2H3. The van der Waals surface area contributed by atoms with Crippen LogP contribution in [0.15, 0.2) is 18.3 Å². The number of aldehydes is 1. The van der Waals surface area contributed by atoms with Crippen LogP contribution in [0.4, 0.5) is 5.82 Å². The number of carbonyl (C=O) groups excluding carboxylic acids is 1. The number of rotatable bonds is 3. The Bertz CT molecular complexity index is 453. The number of carbonyl (C=O) groups is 1. The lowest BCUT2D eigenvalue weighted by atomic mass is 9.52. The Kier molecular flexibility index (Phi) is 2.88. The molecule has 3 saturated carbocycles. The number of hydrogen-bond donors (Lipinski definition) is 0. The van der Waals surface area contributed by atoms with E-state index in [1.807, 2.05) is 19.0 Å². The molecule has 3 aliphatic rings. The van der Waals surface area contributed by atoms with Crippen LogP contribution >= 0.6 is 0 Å². The third-order valence-corrected chi connectivity index (χ3v) is 5.37. The first kappa shape index (κ1) is 12.6. The highest BCUT2D eigenvalue weighted by Gasteiger charge is 2.49. The van der Waals surface area contributed by atoms with E-state index in [0.29, 0.717) is 5.41 Å². The topological polar surface area (TPSA) is 33.2 Å². The molecule has 1 aromatic rings. The smallest absolute Gasteiger partial charge is 0.127 e. The minimum absolute atomic E-state index is 0.0127. The maximum absolute atomic E-state index is 11.3. The Morgan fingerprint density at radius 3 is 2.16 bits per heavy atom. The highest BCUT2D eigenvalue weighted by atomic mass is 16.1. The van der Waals surface area contributed by atoms with Crippen molar-refractivity contribution in [2.75, 3.05) is 19.0 Å². The summed E-state index contributed by atoms with van der Waals surface area (Å²) in [6.07, 6.45) is 9.90. The lowest BCUT2D eigenvalue weighted by molar-refractivity contribution is -0.122. The van der Waals surface area contributed by atoms with Crippen molar-refractivity contribution in [1.29, 1.82) is 0 Å². The normalized spacial score (nSPS) is 33.2. The van der Waals surface area contributed by atoms with Crippen LogP contribution in [0.25, 0.3) is 0 Å². The zero-order chi connectivity index (χ0) is 13.5. The van der Waals surface area contributed by atoms with Gasteiger partial charge in [0.25, 0.3) is 0 Å². The molecule has 0 aliphatic heterocycles. The van der Waals surface area contributed by atoms with E-state index in [0.717, 1.165) is 44.3 Å². The third kappa shape index (κ3) is 1.96. The maximum atomic E-state index is 11.3. The summed E-state index contributed by atoms with van der Waals surface area (Å²) < 4.78 is 0. The molecule has 1 aromatic heterocycles. The monoisotopic (exact) mass is 258 g/mol. The van der Waals surface area contributed by atoms with Crippen LogP contribution in [-0.2, 0) is 10.2 Å². The van der Waals surface area contributed by atoms with Crippen LogP contribution in [0.5, 0.6) is 0 Å². The first-order chi connectivity index (χ1) is 9.09. The van der Waals surface area contributed by atoms with Gasteiger partial charge in [-0.15, -0.1) is 0 Å². The SMILES string of the molecule is CN(C)c1ccc(C23CCC(C=O)(CC2)CC3)cn1. The van der Waals surface area contributed by atoms with Gasteiger partial charge in [0.05, 0.1) is 0 Å². The largest absolute Gasteiger partial charge is 0.363 e. The molecule has 3 aliphatic carbocycles. The van der Waals surface area contributed by atoms with Crippen LogP contribution in [-0.4, -0.2) is 25.4 Å². The molecule has 0 radical (unpaired) electrons.